The Morgan fingerprint density at radius 1 is 0.615 bits per heavy atom. The van der Waals surface area contributed by atoms with Crippen molar-refractivity contribution in [2.24, 2.45) is 0 Å². The molecule has 0 saturated carbocycles. The minimum absolute atomic E-state index is 0. The van der Waals surface area contributed by atoms with Gasteiger partial charge in [0.2, 0.25) is 0 Å². The normalized spacial score (nSPS) is 4.46. The molecule has 13 heavy (non-hydrogen) atoms. The fourth-order valence-corrected chi connectivity index (χ4v) is 0. The molecule has 0 heterocycles. The molecule has 0 spiro atoms. The van der Waals surface area contributed by atoms with E-state index in [0.29, 0.717) is 0 Å². The smallest absolute Gasteiger partial charge is 0.394 e. The Balaban J connectivity index is -0.00000000286. The molecule has 1 radical (unpaired) electrons. The van der Waals surface area contributed by atoms with Crippen molar-refractivity contribution in [3.63, 3.8) is 0 Å². The van der Waals surface area contributed by atoms with Crippen molar-refractivity contribution in [3.05, 3.63) is 0 Å². The molecule has 0 fully saturated rings. The van der Waals surface area contributed by atoms with Gasteiger partial charge in [-0.25, -0.2) is 0 Å². The van der Waals surface area contributed by atoms with Crippen LogP contribution in [0.4, 0.5) is 0 Å². The van der Waals surface area contributed by atoms with Crippen LogP contribution in [0.1, 0.15) is 0 Å². The standard InChI is InChI=1S/Mn.H2O4S.7H2O/c;1-5(2,3)4;;;;;;;/h;(H2,1,2,3,4);7*1H2. The third-order valence-corrected chi connectivity index (χ3v) is 0. The summed E-state index contributed by atoms with van der Waals surface area (Å²) in [5.74, 6) is 0. The van der Waals surface area contributed by atoms with Gasteiger partial charge in [-0.1, -0.05) is 0 Å². The van der Waals surface area contributed by atoms with E-state index in [-0.39, 0.29) is 55.4 Å². The summed E-state index contributed by atoms with van der Waals surface area (Å²) in [6, 6.07) is 0. The van der Waals surface area contributed by atoms with Gasteiger partial charge in [0.1, 0.15) is 0 Å². The monoisotopic (exact) mass is 279 g/mol. The molecule has 13 heteroatoms. The summed E-state index contributed by atoms with van der Waals surface area (Å²) in [6.07, 6.45) is 0. The van der Waals surface area contributed by atoms with Gasteiger partial charge in [-0.05, 0) is 0 Å². The predicted octanol–water partition coefficient (Wildman–Crippen LogP) is -6.43. The molecule has 0 aliphatic rings. The van der Waals surface area contributed by atoms with Crippen molar-refractivity contribution in [3.8, 4) is 0 Å². The molecular formula is H16MnO11S. The van der Waals surface area contributed by atoms with E-state index in [9.17, 15) is 0 Å². The van der Waals surface area contributed by atoms with Crippen LogP contribution in [0, 0.1) is 0 Å². The summed E-state index contributed by atoms with van der Waals surface area (Å²) < 4.78 is 31.6. The molecule has 0 rings (SSSR count). The van der Waals surface area contributed by atoms with E-state index in [1.54, 1.807) is 0 Å². The molecule has 0 saturated heterocycles. The molecule has 95 valence electrons. The molecule has 0 aromatic heterocycles. The maximum absolute atomic E-state index is 8.74. The molecule has 11 nitrogen and oxygen atoms in total. The van der Waals surface area contributed by atoms with Crippen molar-refractivity contribution in [2.45, 2.75) is 0 Å². The Labute approximate surface area is 84.0 Å². The van der Waals surface area contributed by atoms with Crippen LogP contribution < -0.4 is 0 Å². The maximum atomic E-state index is 8.74. The second-order valence-electron chi connectivity index (χ2n) is 0.448. The van der Waals surface area contributed by atoms with Crippen molar-refractivity contribution in [2.75, 3.05) is 0 Å². The zero-order valence-electron chi connectivity index (χ0n) is 6.00. The largest absolute Gasteiger partial charge is 0.412 e. The minimum Gasteiger partial charge on any atom is -0.412 e. The molecule has 0 bridgehead atoms. The zero-order valence-corrected chi connectivity index (χ0v) is 7.99. The topological polar surface area (TPSA) is 295 Å². The first-order valence-electron chi connectivity index (χ1n) is 0.698. The summed E-state index contributed by atoms with van der Waals surface area (Å²) in [7, 11) is -4.67. The van der Waals surface area contributed by atoms with Crippen molar-refractivity contribution < 1.29 is 72.9 Å². The van der Waals surface area contributed by atoms with Gasteiger partial charge in [-0.15, -0.1) is 0 Å². The first-order chi connectivity index (χ1) is 2.00. The zero-order chi connectivity index (χ0) is 4.50. The molecular weight excluding hydrogens is 263 g/mol. The summed E-state index contributed by atoms with van der Waals surface area (Å²) in [6.45, 7) is 0. The van der Waals surface area contributed by atoms with E-state index >= 15 is 0 Å². The molecule has 0 aromatic carbocycles. The molecule has 0 aliphatic heterocycles. The van der Waals surface area contributed by atoms with Crippen molar-refractivity contribution in [1.82, 2.24) is 0 Å². The first kappa shape index (κ1) is 114. The van der Waals surface area contributed by atoms with E-state index in [2.05, 4.69) is 0 Å². The van der Waals surface area contributed by atoms with Crippen LogP contribution in [-0.2, 0) is 27.5 Å². The van der Waals surface area contributed by atoms with Gasteiger partial charge in [-0.2, -0.15) is 8.42 Å². The van der Waals surface area contributed by atoms with Gasteiger partial charge in [0.25, 0.3) is 0 Å². The van der Waals surface area contributed by atoms with E-state index in [1.807, 2.05) is 0 Å². The van der Waals surface area contributed by atoms with E-state index in [4.69, 9.17) is 17.5 Å². The van der Waals surface area contributed by atoms with Crippen LogP contribution >= 0.6 is 0 Å². The Morgan fingerprint density at radius 2 is 0.615 bits per heavy atom. The van der Waals surface area contributed by atoms with Crippen LogP contribution in [0.5, 0.6) is 0 Å². The van der Waals surface area contributed by atoms with Gasteiger partial charge in [0.05, 0.1) is 0 Å². The Morgan fingerprint density at radius 3 is 0.615 bits per heavy atom. The fourth-order valence-electron chi connectivity index (χ4n) is 0. The number of hydrogen-bond donors (Lipinski definition) is 2. The second-order valence-corrected chi connectivity index (χ2v) is 1.34. The Bertz CT molecular complexity index is 93.3. The average molecular weight is 279 g/mol. The Kier molecular flexibility index (Phi) is 351. The minimum atomic E-state index is -4.67. The third kappa shape index (κ3) is 103000. The van der Waals surface area contributed by atoms with Gasteiger partial charge < -0.3 is 38.3 Å². The van der Waals surface area contributed by atoms with Crippen molar-refractivity contribution in [1.29, 1.82) is 0 Å². The van der Waals surface area contributed by atoms with E-state index in [1.165, 1.54) is 0 Å². The summed E-state index contributed by atoms with van der Waals surface area (Å²) >= 11 is 0. The van der Waals surface area contributed by atoms with Crippen LogP contribution in [0.2, 0.25) is 0 Å². The van der Waals surface area contributed by atoms with Crippen LogP contribution in [0.25, 0.3) is 0 Å². The van der Waals surface area contributed by atoms with E-state index < -0.39 is 10.4 Å². The maximum Gasteiger partial charge on any atom is 0.394 e. The third-order valence-electron chi connectivity index (χ3n) is 0. The molecule has 16 N–H and O–H groups in total. The fraction of sp³-hybridized carbons (Fsp3) is 0. The summed E-state index contributed by atoms with van der Waals surface area (Å²) in [5.41, 5.74) is 0. The van der Waals surface area contributed by atoms with E-state index in [0.717, 1.165) is 0 Å². The average Bonchev–Trinajstić information content (AvgIpc) is 0.722. The Hall–Kier alpha value is 0.109. The van der Waals surface area contributed by atoms with Crippen LogP contribution in [-0.4, -0.2) is 55.9 Å². The van der Waals surface area contributed by atoms with Gasteiger partial charge in [0, 0.05) is 17.1 Å². The SMILES string of the molecule is O.O.O.O.O.O.O.O=S(=O)(O)O.[Mn]. The quantitative estimate of drug-likeness (QED) is 0.322. The van der Waals surface area contributed by atoms with Gasteiger partial charge >= 0.3 is 10.4 Å². The van der Waals surface area contributed by atoms with Gasteiger partial charge in [0.15, 0.2) is 0 Å². The summed E-state index contributed by atoms with van der Waals surface area (Å²) in [5, 5.41) is 0. The second kappa shape index (κ2) is 40.0. The van der Waals surface area contributed by atoms with Gasteiger partial charge in [-0.3, -0.25) is 9.11 Å². The molecule has 0 aromatic rings. The molecule has 0 amide bonds. The number of rotatable bonds is 0. The predicted molar refractivity (Wildman–Crippen MR) is 39.5 cm³/mol. The number of hydrogen-bond acceptors (Lipinski definition) is 2. The van der Waals surface area contributed by atoms with Crippen LogP contribution in [0.3, 0.4) is 0 Å². The first-order valence-corrected chi connectivity index (χ1v) is 2.10. The van der Waals surface area contributed by atoms with Crippen molar-refractivity contribution >= 4 is 10.4 Å². The summed E-state index contributed by atoms with van der Waals surface area (Å²) in [4.78, 5) is 0. The molecule has 0 aliphatic carbocycles. The molecule has 0 unspecified atom stereocenters. The molecule has 0 atom stereocenters. The van der Waals surface area contributed by atoms with Crippen LogP contribution in [0.15, 0.2) is 0 Å².